The predicted octanol–water partition coefficient (Wildman–Crippen LogP) is 3.03. The Morgan fingerprint density at radius 1 is 1.33 bits per heavy atom. The Morgan fingerprint density at radius 2 is 1.90 bits per heavy atom. The third kappa shape index (κ3) is 4.32. The lowest BCUT2D eigenvalue weighted by Gasteiger charge is -2.19. The molecule has 1 aromatic carbocycles. The number of rotatable bonds is 6. The van der Waals surface area contributed by atoms with E-state index < -0.39 is 24.6 Å². The number of methoxy groups -OCH3 is 2. The van der Waals surface area contributed by atoms with E-state index in [1.165, 1.54) is 26.4 Å². The molecule has 0 aromatic heterocycles. The molecule has 5 nitrogen and oxygen atoms in total. The number of carboxylic acid groups (broad SMARTS) is 1. The maximum Gasteiger partial charge on any atom is 0.403 e. The number of carboxylic acids is 1. The standard InChI is InChI=1S/C12H13ClF3NO4/c1-20-9-4-10(21-2)8(3-7(9)13)17-5-6(11(18)19)12(14,15)16/h3-4,6,17H,5H2,1-2H3,(H,18,19). The Kier molecular flexibility index (Phi) is 5.54. The third-order valence-electron chi connectivity index (χ3n) is 2.66. The number of aliphatic carboxylic acids is 1. The summed E-state index contributed by atoms with van der Waals surface area (Å²) in [7, 11) is 2.68. The van der Waals surface area contributed by atoms with E-state index >= 15 is 0 Å². The molecule has 1 rings (SSSR count). The Labute approximate surface area is 123 Å². The molecule has 118 valence electrons. The highest BCUT2D eigenvalue weighted by molar-refractivity contribution is 6.32. The lowest BCUT2D eigenvalue weighted by Crippen LogP contribution is -2.36. The van der Waals surface area contributed by atoms with Crippen molar-refractivity contribution in [2.45, 2.75) is 6.18 Å². The fraction of sp³-hybridized carbons (Fsp3) is 0.417. The van der Waals surface area contributed by atoms with E-state index in [4.69, 9.17) is 26.2 Å². The first-order chi connectivity index (χ1) is 9.70. The number of nitrogens with one attached hydrogen (secondary N) is 1. The molecule has 1 aromatic rings. The van der Waals surface area contributed by atoms with E-state index in [0.29, 0.717) is 0 Å². The van der Waals surface area contributed by atoms with Crippen molar-refractivity contribution in [3.63, 3.8) is 0 Å². The summed E-state index contributed by atoms with van der Waals surface area (Å²) in [6, 6.07) is 2.68. The van der Waals surface area contributed by atoms with Gasteiger partial charge in [0.15, 0.2) is 5.92 Å². The highest BCUT2D eigenvalue weighted by atomic mass is 35.5. The zero-order chi connectivity index (χ0) is 16.2. The van der Waals surface area contributed by atoms with Crippen molar-refractivity contribution in [2.24, 2.45) is 5.92 Å². The van der Waals surface area contributed by atoms with E-state index in [0.717, 1.165) is 0 Å². The van der Waals surface area contributed by atoms with Gasteiger partial charge in [-0.15, -0.1) is 0 Å². The van der Waals surface area contributed by atoms with Crippen LogP contribution in [0.5, 0.6) is 11.5 Å². The first-order valence-electron chi connectivity index (χ1n) is 5.65. The second-order valence-corrected chi connectivity index (χ2v) is 4.41. The Hall–Kier alpha value is -1.83. The maximum atomic E-state index is 12.6. The van der Waals surface area contributed by atoms with E-state index in [1.54, 1.807) is 0 Å². The van der Waals surface area contributed by atoms with Crippen LogP contribution in [0.1, 0.15) is 0 Å². The van der Waals surface area contributed by atoms with Crippen molar-refractivity contribution in [2.75, 3.05) is 26.1 Å². The van der Waals surface area contributed by atoms with Gasteiger partial charge in [-0.25, -0.2) is 0 Å². The van der Waals surface area contributed by atoms with Crippen LogP contribution in [-0.4, -0.2) is 38.0 Å². The third-order valence-corrected chi connectivity index (χ3v) is 2.96. The minimum atomic E-state index is -4.86. The van der Waals surface area contributed by atoms with E-state index in [1.807, 2.05) is 0 Å². The summed E-state index contributed by atoms with van der Waals surface area (Å²) in [4.78, 5) is 10.7. The summed E-state index contributed by atoms with van der Waals surface area (Å²) in [5.74, 6) is -4.04. The number of halogens is 4. The van der Waals surface area contributed by atoms with Gasteiger partial charge in [0.1, 0.15) is 11.5 Å². The predicted molar refractivity (Wildman–Crippen MR) is 70.2 cm³/mol. The zero-order valence-electron chi connectivity index (χ0n) is 11.1. The normalized spacial score (nSPS) is 12.7. The van der Waals surface area contributed by atoms with Gasteiger partial charge in [-0.2, -0.15) is 13.2 Å². The molecule has 0 heterocycles. The number of hydrogen-bond acceptors (Lipinski definition) is 4. The van der Waals surface area contributed by atoms with Crippen LogP contribution in [0, 0.1) is 5.92 Å². The van der Waals surface area contributed by atoms with Gasteiger partial charge in [0.25, 0.3) is 0 Å². The van der Waals surface area contributed by atoms with Crippen LogP contribution in [0.25, 0.3) is 0 Å². The molecule has 1 unspecified atom stereocenters. The Balaban J connectivity index is 2.97. The molecule has 1 atom stereocenters. The van der Waals surface area contributed by atoms with Crippen LogP contribution in [0.2, 0.25) is 5.02 Å². The number of benzene rings is 1. The molecule has 0 fully saturated rings. The summed E-state index contributed by atoms with van der Waals surface area (Å²) >= 11 is 5.87. The van der Waals surface area contributed by atoms with Crippen LogP contribution in [0.4, 0.5) is 18.9 Å². The van der Waals surface area contributed by atoms with Gasteiger partial charge in [-0.05, 0) is 6.07 Å². The zero-order valence-corrected chi connectivity index (χ0v) is 11.9. The smallest absolute Gasteiger partial charge is 0.403 e. The molecule has 0 saturated carbocycles. The van der Waals surface area contributed by atoms with Crippen molar-refractivity contribution in [1.29, 1.82) is 0 Å². The lowest BCUT2D eigenvalue weighted by atomic mass is 10.1. The number of hydrogen-bond donors (Lipinski definition) is 2. The monoisotopic (exact) mass is 327 g/mol. The van der Waals surface area contributed by atoms with Crippen LogP contribution in [0.15, 0.2) is 12.1 Å². The number of carbonyl (C=O) groups is 1. The molecule has 21 heavy (non-hydrogen) atoms. The average Bonchev–Trinajstić information content (AvgIpc) is 2.37. The van der Waals surface area contributed by atoms with Crippen molar-refractivity contribution >= 4 is 23.3 Å². The molecule has 0 aliphatic rings. The average molecular weight is 328 g/mol. The molecule has 0 bridgehead atoms. The maximum absolute atomic E-state index is 12.6. The molecule has 9 heteroatoms. The fourth-order valence-electron chi connectivity index (χ4n) is 1.55. The molecule has 0 aliphatic carbocycles. The molecular weight excluding hydrogens is 315 g/mol. The Bertz CT molecular complexity index is 522. The topological polar surface area (TPSA) is 67.8 Å². The highest BCUT2D eigenvalue weighted by Crippen LogP contribution is 2.36. The summed E-state index contributed by atoms with van der Waals surface area (Å²) in [6.07, 6.45) is -4.86. The molecule has 0 amide bonds. The molecule has 0 radical (unpaired) electrons. The first kappa shape index (κ1) is 17.2. The fourth-order valence-corrected chi connectivity index (χ4v) is 1.79. The van der Waals surface area contributed by atoms with E-state index in [9.17, 15) is 18.0 Å². The van der Waals surface area contributed by atoms with Gasteiger partial charge in [-0.1, -0.05) is 11.6 Å². The molecule has 0 spiro atoms. The first-order valence-corrected chi connectivity index (χ1v) is 6.03. The van der Waals surface area contributed by atoms with Crippen LogP contribution >= 0.6 is 11.6 Å². The largest absolute Gasteiger partial charge is 0.495 e. The van der Waals surface area contributed by atoms with Gasteiger partial charge < -0.3 is 19.9 Å². The number of alkyl halides is 3. The molecule has 2 N–H and O–H groups in total. The van der Waals surface area contributed by atoms with Gasteiger partial charge in [0.05, 0.1) is 24.9 Å². The van der Waals surface area contributed by atoms with Gasteiger partial charge in [0, 0.05) is 12.6 Å². The second kappa shape index (κ2) is 6.75. The molecule has 0 aliphatic heterocycles. The lowest BCUT2D eigenvalue weighted by molar-refractivity contribution is -0.190. The minimum absolute atomic E-state index is 0.138. The number of ether oxygens (including phenoxy) is 2. The molecule has 0 saturated heterocycles. The van der Waals surface area contributed by atoms with Gasteiger partial charge in [-0.3, -0.25) is 4.79 Å². The summed E-state index contributed by atoms with van der Waals surface area (Å²) in [5.41, 5.74) is 0.138. The van der Waals surface area contributed by atoms with Gasteiger partial charge >= 0.3 is 12.1 Å². The highest BCUT2D eigenvalue weighted by Gasteiger charge is 2.44. The van der Waals surface area contributed by atoms with Crippen LogP contribution < -0.4 is 14.8 Å². The summed E-state index contributed by atoms with van der Waals surface area (Å²) in [6.45, 7) is -0.849. The number of anilines is 1. The molecular formula is C12H13ClF3NO4. The van der Waals surface area contributed by atoms with Crippen molar-refractivity contribution < 1.29 is 32.5 Å². The van der Waals surface area contributed by atoms with E-state index in [-0.39, 0.29) is 22.2 Å². The minimum Gasteiger partial charge on any atom is -0.495 e. The van der Waals surface area contributed by atoms with Crippen LogP contribution in [0.3, 0.4) is 0 Å². The van der Waals surface area contributed by atoms with Crippen molar-refractivity contribution in [1.82, 2.24) is 0 Å². The summed E-state index contributed by atoms with van der Waals surface area (Å²) < 4.78 is 47.6. The van der Waals surface area contributed by atoms with E-state index in [2.05, 4.69) is 5.32 Å². The van der Waals surface area contributed by atoms with Crippen LogP contribution in [-0.2, 0) is 4.79 Å². The quantitative estimate of drug-likeness (QED) is 0.840. The van der Waals surface area contributed by atoms with Gasteiger partial charge in [0.2, 0.25) is 0 Å². The van der Waals surface area contributed by atoms with Crippen molar-refractivity contribution in [3.8, 4) is 11.5 Å². The van der Waals surface area contributed by atoms with Crippen molar-refractivity contribution in [3.05, 3.63) is 17.2 Å². The SMILES string of the molecule is COc1cc(OC)c(NCC(C(=O)O)C(F)(F)F)cc1Cl. The Morgan fingerprint density at radius 3 is 2.33 bits per heavy atom. The second-order valence-electron chi connectivity index (χ2n) is 4.00. The summed E-state index contributed by atoms with van der Waals surface area (Å²) in [5, 5.41) is 11.1.